The smallest absolute Gasteiger partial charge is 0.242 e. The van der Waals surface area contributed by atoms with Crippen LogP contribution in [-0.4, -0.2) is 67.0 Å². The number of likely N-dealkylation sites (tertiary alicyclic amines) is 1. The van der Waals surface area contributed by atoms with Gasteiger partial charge in [0.2, 0.25) is 11.8 Å². The Labute approximate surface area is 158 Å². The van der Waals surface area contributed by atoms with Crippen molar-refractivity contribution in [1.29, 1.82) is 0 Å². The lowest BCUT2D eigenvalue weighted by molar-refractivity contribution is -0.135. The van der Waals surface area contributed by atoms with Gasteiger partial charge in [0, 0.05) is 42.9 Å². The average molecular weight is 378 g/mol. The highest BCUT2D eigenvalue weighted by atomic mass is 32.1. The maximum absolute atomic E-state index is 12.8. The Kier molecular flexibility index (Phi) is 5.29. The SMILES string of the molecule is O=C(NCC1(CN2CCOCC2)CC1)C1CCC(=O)N1Cc1cccs1. The minimum Gasteiger partial charge on any atom is -0.379 e. The first kappa shape index (κ1) is 17.9. The summed E-state index contributed by atoms with van der Waals surface area (Å²) in [6, 6.07) is 3.69. The summed E-state index contributed by atoms with van der Waals surface area (Å²) in [5.41, 5.74) is 0.230. The number of rotatable bonds is 7. The van der Waals surface area contributed by atoms with Crippen molar-refractivity contribution in [2.75, 3.05) is 39.4 Å². The van der Waals surface area contributed by atoms with Crippen molar-refractivity contribution >= 4 is 23.2 Å². The third kappa shape index (κ3) is 4.10. The molecule has 1 aliphatic carbocycles. The summed E-state index contributed by atoms with van der Waals surface area (Å²) in [6.45, 7) is 5.91. The molecule has 1 aromatic heterocycles. The highest BCUT2D eigenvalue weighted by Gasteiger charge is 2.45. The summed E-state index contributed by atoms with van der Waals surface area (Å²) in [6.07, 6.45) is 3.45. The van der Waals surface area contributed by atoms with E-state index in [1.54, 1.807) is 16.2 Å². The molecule has 142 valence electrons. The fraction of sp³-hybridized carbons (Fsp3) is 0.684. The standard InChI is InChI=1S/C19H27N3O3S/c23-17-4-3-16(22(17)12-15-2-1-11-26-15)18(24)20-13-19(5-6-19)14-21-7-9-25-10-8-21/h1-2,11,16H,3-10,12-14H2,(H,20,24). The molecule has 2 aliphatic heterocycles. The van der Waals surface area contributed by atoms with Gasteiger partial charge in [0.25, 0.3) is 0 Å². The van der Waals surface area contributed by atoms with Gasteiger partial charge in [-0.3, -0.25) is 14.5 Å². The summed E-state index contributed by atoms with van der Waals surface area (Å²) in [5.74, 6) is 0.105. The number of hydrogen-bond acceptors (Lipinski definition) is 5. The van der Waals surface area contributed by atoms with E-state index in [1.807, 2.05) is 17.5 Å². The Morgan fingerprint density at radius 3 is 2.85 bits per heavy atom. The molecule has 6 nitrogen and oxygen atoms in total. The lowest BCUT2D eigenvalue weighted by atomic mass is 10.1. The Hall–Kier alpha value is -1.44. The molecule has 3 heterocycles. The molecule has 0 spiro atoms. The highest BCUT2D eigenvalue weighted by molar-refractivity contribution is 7.09. The van der Waals surface area contributed by atoms with Crippen LogP contribution < -0.4 is 5.32 Å². The van der Waals surface area contributed by atoms with Crippen LogP contribution in [0.5, 0.6) is 0 Å². The van der Waals surface area contributed by atoms with Crippen LogP contribution in [-0.2, 0) is 20.9 Å². The van der Waals surface area contributed by atoms with Crippen LogP contribution in [0.2, 0.25) is 0 Å². The monoisotopic (exact) mass is 377 g/mol. The van der Waals surface area contributed by atoms with Crippen LogP contribution in [0.15, 0.2) is 17.5 Å². The first-order chi connectivity index (χ1) is 12.7. The van der Waals surface area contributed by atoms with Crippen molar-refractivity contribution < 1.29 is 14.3 Å². The van der Waals surface area contributed by atoms with E-state index in [4.69, 9.17) is 4.74 Å². The van der Waals surface area contributed by atoms with E-state index in [0.29, 0.717) is 19.4 Å². The van der Waals surface area contributed by atoms with E-state index in [0.717, 1.165) is 44.3 Å². The highest BCUT2D eigenvalue weighted by Crippen LogP contribution is 2.45. The number of amides is 2. The summed E-state index contributed by atoms with van der Waals surface area (Å²) in [7, 11) is 0. The molecule has 2 amide bonds. The van der Waals surface area contributed by atoms with E-state index in [9.17, 15) is 9.59 Å². The molecule has 1 unspecified atom stereocenters. The number of carbonyl (C=O) groups excluding carboxylic acids is 2. The maximum Gasteiger partial charge on any atom is 0.242 e. The number of thiophene rings is 1. The molecule has 2 saturated heterocycles. The van der Waals surface area contributed by atoms with E-state index in [2.05, 4.69) is 10.2 Å². The topological polar surface area (TPSA) is 61.9 Å². The van der Waals surface area contributed by atoms with Gasteiger partial charge in [0.05, 0.1) is 19.8 Å². The van der Waals surface area contributed by atoms with Crippen LogP contribution in [0.4, 0.5) is 0 Å². The normalized spacial score (nSPS) is 25.5. The van der Waals surface area contributed by atoms with Crippen LogP contribution in [0, 0.1) is 5.41 Å². The van der Waals surface area contributed by atoms with Crippen molar-refractivity contribution in [3.05, 3.63) is 22.4 Å². The van der Waals surface area contributed by atoms with Gasteiger partial charge in [0.15, 0.2) is 0 Å². The second-order valence-electron chi connectivity index (χ2n) is 7.76. The average Bonchev–Trinajstić information content (AvgIpc) is 3.04. The van der Waals surface area contributed by atoms with Gasteiger partial charge in [-0.25, -0.2) is 0 Å². The minimum absolute atomic E-state index is 0.0145. The molecular formula is C19H27N3O3S. The molecular weight excluding hydrogens is 350 g/mol. The fourth-order valence-electron chi connectivity index (χ4n) is 3.97. The molecule has 3 fully saturated rings. The largest absolute Gasteiger partial charge is 0.379 e. The molecule has 0 aromatic carbocycles. The van der Waals surface area contributed by atoms with Crippen molar-refractivity contribution in [2.45, 2.75) is 38.3 Å². The van der Waals surface area contributed by atoms with E-state index >= 15 is 0 Å². The molecule has 1 atom stereocenters. The second-order valence-corrected chi connectivity index (χ2v) is 8.79. The molecule has 1 N–H and O–H groups in total. The molecule has 3 aliphatic rings. The Morgan fingerprint density at radius 1 is 1.35 bits per heavy atom. The number of carbonyl (C=O) groups is 2. The van der Waals surface area contributed by atoms with E-state index in [-0.39, 0.29) is 23.3 Å². The van der Waals surface area contributed by atoms with Crippen molar-refractivity contribution in [2.24, 2.45) is 5.41 Å². The van der Waals surface area contributed by atoms with Gasteiger partial charge in [-0.2, -0.15) is 0 Å². The van der Waals surface area contributed by atoms with Crippen LogP contribution in [0.3, 0.4) is 0 Å². The molecule has 1 aromatic rings. The molecule has 1 saturated carbocycles. The Balaban J connectivity index is 1.30. The van der Waals surface area contributed by atoms with Gasteiger partial charge in [-0.15, -0.1) is 11.3 Å². The van der Waals surface area contributed by atoms with Crippen molar-refractivity contribution in [3.8, 4) is 0 Å². The van der Waals surface area contributed by atoms with Gasteiger partial charge < -0.3 is 15.0 Å². The van der Waals surface area contributed by atoms with Crippen molar-refractivity contribution in [1.82, 2.24) is 15.1 Å². The molecule has 0 radical (unpaired) electrons. The number of ether oxygens (including phenoxy) is 1. The minimum atomic E-state index is -0.316. The third-order valence-corrected chi connectivity index (χ3v) is 6.66. The molecule has 26 heavy (non-hydrogen) atoms. The van der Waals surface area contributed by atoms with Gasteiger partial charge in [-0.05, 0) is 30.7 Å². The molecule has 4 rings (SSSR count). The quantitative estimate of drug-likeness (QED) is 0.782. The lowest BCUT2D eigenvalue weighted by Crippen LogP contribution is -2.47. The van der Waals surface area contributed by atoms with Crippen LogP contribution in [0.1, 0.15) is 30.6 Å². The van der Waals surface area contributed by atoms with Gasteiger partial charge in [0.1, 0.15) is 6.04 Å². The number of morpholine rings is 1. The zero-order chi connectivity index (χ0) is 18.0. The summed E-state index contributed by atoms with van der Waals surface area (Å²) >= 11 is 1.63. The first-order valence-electron chi connectivity index (χ1n) is 9.55. The number of nitrogens with one attached hydrogen (secondary N) is 1. The molecule has 7 heteroatoms. The lowest BCUT2D eigenvalue weighted by Gasteiger charge is -2.31. The van der Waals surface area contributed by atoms with Crippen LogP contribution >= 0.6 is 11.3 Å². The Bertz CT molecular complexity index is 638. The predicted octanol–water partition coefficient (Wildman–Crippen LogP) is 1.47. The first-order valence-corrected chi connectivity index (χ1v) is 10.4. The second kappa shape index (κ2) is 7.66. The zero-order valence-electron chi connectivity index (χ0n) is 15.1. The fourth-order valence-corrected chi connectivity index (χ4v) is 4.67. The number of hydrogen-bond donors (Lipinski definition) is 1. The predicted molar refractivity (Wildman–Crippen MR) is 99.8 cm³/mol. The van der Waals surface area contributed by atoms with E-state index < -0.39 is 0 Å². The number of nitrogens with zero attached hydrogens (tertiary/aromatic N) is 2. The maximum atomic E-state index is 12.8. The summed E-state index contributed by atoms with van der Waals surface area (Å²) in [4.78, 5) is 30.3. The van der Waals surface area contributed by atoms with E-state index in [1.165, 1.54) is 12.8 Å². The third-order valence-electron chi connectivity index (χ3n) is 5.79. The molecule has 0 bridgehead atoms. The van der Waals surface area contributed by atoms with Crippen molar-refractivity contribution in [3.63, 3.8) is 0 Å². The summed E-state index contributed by atoms with van der Waals surface area (Å²) in [5, 5.41) is 5.17. The zero-order valence-corrected chi connectivity index (χ0v) is 15.9. The Morgan fingerprint density at radius 2 is 2.15 bits per heavy atom. The van der Waals surface area contributed by atoms with Gasteiger partial charge >= 0.3 is 0 Å². The summed E-state index contributed by atoms with van der Waals surface area (Å²) < 4.78 is 5.42. The van der Waals surface area contributed by atoms with Crippen LogP contribution in [0.25, 0.3) is 0 Å². The van der Waals surface area contributed by atoms with Gasteiger partial charge in [-0.1, -0.05) is 6.07 Å².